The molecule has 4 nitrogen and oxygen atoms in total. The van der Waals surface area contributed by atoms with Crippen molar-refractivity contribution in [2.24, 2.45) is 5.73 Å². The molecule has 2 heterocycles. The topological polar surface area (TPSA) is 56.7 Å². The van der Waals surface area contributed by atoms with Gasteiger partial charge in [-0.15, -0.1) is 0 Å². The Kier molecular flexibility index (Phi) is 3.48. The van der Waals surface area contributed by atoms with Crippen LogP contribution in [0.2, 0.25) is 0 Å². The highest BCUT2D eigenvalue weighted by Crippen LogP contribution is 2.20. The van der Waals surface area contributed by atoms with E-state index in [1.54, 1.807) is 6.20 Å². The van der Waals surface area contributed by atoms with Crippen molar-refractivity contribution in [2.45, 2.75) is 39.3 Å². The predicted molar refractivity (Wildman–Crippen MR) is 73.1 cm³/mol. The van der Waals surface area contributed by atoms with Crippen LogP contribution in [-0.4, -0.2) is 20.3 Å². The first-order valence-corrected chi connectivity index (χ1v) is 6.19. The Morgan fingerprint density at radius 3 is 2.78 bits per heavy atom. The summed E-state index contributed by atoms with van der Waals surface area (Å²) in [5, 5.41) is 4.52. The first-order chi connectivity index (χ1) is 8.46. The molecule has 0 aliphatic carbocycles. The number of aryl methyl sites for hydroxylation is 2. The van der Waals surface area contributed by atoms with Gasteiger partial charge in [0.1, 0.15) is 0 Å². The van der Waals surface area contributed by atoms with Crippen LogP contribution in [0.25, 0.3) is 11.3 Å². The number of aromatic nitrogens is 3. The van der Waals surface area contributed by atoms with E-state index in [0.29, 0.717) is 0 Å². The number of hydrogen-bond donors (Lipinski definition) is 1. The van der Waals surface area contributed by atoms with Crippen molar-refractivity contribution < 1.29 is 0 Å². The Morgan fingerprint density at radius 1 is 1.39 bits per heavy atom. The summed E-state index contributed by atoms with van der Waals surface area (Å²) in [5.74, 6) is 0. The zero-order chi connectivity index (χ0) is 13.2. The molecule has 0 radical (unpaired) electrons. The Labute approximate surface area is 108 Å². The molecular formula is C14H20N4. The van der Waals surface area contributed by atoms with Crippen molar-refractivity contribution in [1.29, 1.82) is 0 Å². The summed E-state index contributed by atoms with van der Waals surface area (Å²) >= 11 is 0. The van der Waals surface area contributed by atoms with E-state index in [2.05, 4.69) is 16.1 Å². The summed E-state index contributed by atoms with van der Waals surface area (Å²) in [4.78, 5) is 4.15. The lowest BCUT2D eigenvalue weighted by molar-refractivity contribution is 0.421. The molecule has 0 spiro atoms. The molecule has 0 bridgehead atoms. The average molecular weight is 244 g/mol. The SMILES string of the molecule is Cc1cc(-c2cccnc2)n(CCC(C)(C)N)n1. The molecule has 0 unspecified atom stereocenters. The van der Waals surface area contributed by atoms with Crippen LogP contribution in [0.1, 0.15) is 26.0 Å². The second-order valence-electron chi connectivity index (χ2n) is 5.37. The van der Waals surface area contributed by atoms with E-state index in [-0.39, 0.29) is 5.54 Å². The van der Waals surface area contributed by atoms with E-state index >= 15 is 0 Å². The summed E-state index contributed by atoms with van der Waals surface area (Å²) in [6, 6.07) is 6.07. The van der Waals surface area contributed by atoms with Crippen molar-refractivity contribution in [2.75, 3.05) is 0 Å². The fourth-order valence-electron chi connectivity index (χ4n) is 1.86. The van der Waals surface area contributed by atoms with Crippen LogP contribution < -0.4 is 5.73 Å². The van der Waals surface area contributed by atoms with Gasteiger partial charge in [0.15, 0.2) is 0 Å². The Bertz CT molecular complexity index is 508. The highest BCUT2D eigenvalue weighted by molar-refractivity contribution is 5.58. The lowest BCUT2D eigenvalue weighted by atomic mass is 10.0. The maximum absolute atomic E-state index is 6.03. The van der Waals surface area contributed by atoms with Crippen LogP contribution in [0.4, 0.5) is 0 Å². The Hall–Kier alpha value is -1.68. The van der Waals surface area contributed by atoms with Gasteiger partial charge in [-0.3, -0.25) is 9.67 Å². The minimum atomic E-state index is -0.175. The van der Waals surface area contributed by atoms with Gasteiger partial charge in [0.05, 0.1) is 11.4 Å². The maximum Gasteiger partial charge on any atom is 0.0700 e. The van der Waals surface area contributed by atoms with Gasteiger partial charge in [0.2, 0.25) is 0 Å². The molecule has 2 rings (SSSR count). The summed E-state index contributed by atoms with van der Waals surface area (Å²) in [6.45, 7) is 6.89. The molecule has 0 aliphatic rings. The smallest absolute Gasteiger partial charge is 0.0700 e. The van der Waals surface area contributed by atoms with Crippen molar-refractivity contribution in [3.63, 3.8) is 0 Å². The van der Waals surface area contributed by atoms with Crippen molar-refractivity contribution in [1.82, 2.24) is 14.8 Å². The fraction of sp³-hybridized carbons (Fsp3) is 0.429. The number of pyridine rings is 1. The molecule has 18 heavy (non-hydrogen) atoms. The first kappa shape index (κ1) is 12.8. The molecule has 2 N–H and O–H groups in total. The largest absolute Gasteiger partial charge is 0.325 e. The molecule has 2 aromatic rings. The molecule has 4 heteroatoms. The van der Waals surface area contributed by atoms with Gasteiger partial charge in [0.25, 0.3) is 0 Å². The van der Waals surface area contributed by atoms with Crippen LogP contribution in [0.3, 0.4) is 0 Å². The quantitative estimate of drug-likeness (QED) is 0.898. The molecule has 0 saturated heterocycles. The average Bonchev–Trinajstić information content (AvgIpc) is 2.68. The summed E-state index contributed by atoms with van der Waals surface area (Å²) in [6.07, 6.45) is 4.53. The van der Waals surface area contributed by atoms with Gasteiger partial charge < -0.3 is 5.73 Å². The lowest BCUT2D eigenvalue weighted by Gasteiger charge is -2.18. The summed E-state index contributed by atoms with van der Waals surface area (Å²) in [5.41, 5.74) is 9.06. The molecule has 2 aromatic heterocycles. The molecule has 96 valence electrons. The predicted octanol–water partition coefficient (Wildman–Crippen LogP) is 2.38. The van der Waals surface area contributed by atoms with Crippen LogP contribution in [0, 0.1) is 6.92 Å². The summed E-state index contributed by atoms with van der Waals surface area (Å²) in [7, 11) is 0. The third kappa shape index (κ3) is 3.17. The molecular weight excluding hydrogens is 224 g/mol. The third-order valence-electron chi connectivity index (χ3n) is 2.83. The molecule has 0 atom stereocenters. The number of hydrogen-bond acceptors (Lipinski definition) is 3. The van der Waals surface area contributed by atoms with Gasteiger partial charge in [-0.05, 0) is 45.4 Å². The van der Waals surface area contributed by atoms with Crippen molar-refractivity contribution >= 4 is 0 Å². The van der Waals surface area contributed by atoms with Gasteiger partial charge in [-0.2, -0.15) is 5.10 Å². The molecule has 0 aromatic carbocycles. The highest BCUT2D eigenvalue weighted by atomic mass is 15.3. The number of nitrogens with zero attached hydrogens (tertiary/aromatic N) is 3. The van der Waals surface area contributed by atoms with Crippen molar-refractivity contribution in [3.8, 4) is 11.3 Å². The third-order valence-corrected chi connectivity index (χ3v) is 2.83. The molecule has 0 fully saturated rings. The van der Waals surface area contributed by atoms with E-state index in [1.807, 2.05) is 43.8 Å². The minimum absolute atomic E-state index is 0.175. The Morgan fingerprint density at radius 2 is 2.17 bits per heavy atom. The van der Waals surface area contributed by atoms with Crippen LogP contribution >= 0.6 is 0 Å². The van der Waals surface area contributed by atoms with E-state index < -0.39 is 0 Å². The van der Waals surface area contributed by atoms with E-state index in [4.69, 9.17) is 5.73 Å². The number of rotatable bonds is 4. The minimum Gasteiger partial charge on any atom is -0.325 e. The van der Waals surface area contributed by atoms with E-state index in [9.17, 15) is 0 Å². The monoisotopic (exact) mass is 244 g/mol. The zero-order valence-electron chi connectivity index (χ0n) is 11.2. The van der Waals surface area contributed by atoms with Crippen LogP contribution in [0.5, 0.6) is 0 Å². The standard InChI is InChI=1S/C14H20N4/c1-11-9-13(12-5-4-7-16-10-12)18(17-11)8-6-14(2,3)15/h4-5,7,9-10H,6,8,15H2,1-3H3. The molecule has 0 saturated carbocycles. The fourth-order valence-corrected chi connectivity index (χ4v) is 1.86. The second kappa shape index (κ2) is 4.90. The second-order valence-corrected chi connectivity index (χ2v) is 5.37. The lowest BCUT2D eigenvalue weighted by Crippen LogP contribution is -2.33. The van der Waals surface area contributed by atoms with Crippen molar-refractivity contribution in [3.05, 3.63) is 36.3 Å². The van der Waals surface area contributed by atoms with E-state index in [1.165, 1.54) is 0 Å². The molecule has 0 aliphatic heterocycles. The van der Waals surface area contributed by atoms with Gasteiger partial charge in [0, 0.05) is 30.0 Å². The van der Waals surface area contributed by atoms with Crippen LogP contribution in [0.15, 0.2) is 30.6 Å². The number of nitrogens with two attached hydrogens (primary N) is 1. The van der Waals surface area contributed by atoms with Gasteiger partial charge >= 0.3 is 0 Å². The normalized spacial score (nSPS) is 11.8. The highest BCUT2D eigenvalue weighted by Gasteiger charge is 2.13. The van der Waals surface area contributed by atoms with E-state index in [0.717, 1.165) is 29.9 Å². The Balaban J connectivity index is 2.26. The zero-order valence-corrected chi connectivity index (χ0v) is 11.2. The maximum atomic E-state index is 6.03. The van der Waals surface area contributed by atoms with Gasteiger partial charge in [-0.25, -0.2) is 0 Å². The summed E-state index contributed by atoms with van der Waals surface area (Å²) < 4.78 is 2.01. The van der Waals surface area contributed by atoms with Crippen LogP contribution in [-0.2, 0) is 6.54 Å². The first-order valence-electron chi connectivity index (χ1n) is 6.19. The van der Waals surface area contributed by atoms with Gasteiger partial charge in [-0.1, -0.05) is 0 Å². The molecule has 0 amide bonds.